The van der Waals surface area contributed by atoms with Crippen LogP contribution < -0.4 is 5.32 Å². The lowest BCUT2D eigenvalue weighted by atomic mass is 9.92. The van der Waals surface area contributed by atoms with E-state index in [9.17, 15) is 13.2 Å². The van der Waals surface area contributed by atoms with Crippen LogP contribution in [0.15, 0.2) is 91.0 Å². The highest BCUT2D eigenvalue weighted by molar-refractivity contribution is 7.91. The van der Waals surface area contributed by atoms with Crippen molar-refractivity contribution in [1.82, 2.24) is 10.2 Å². The van der Waals surface area contributed by atoms with Crippen molar-refractivity contribution in [1.29, 1.82) is 0 Å². The Morgan fingerprint density at radius 3 is 1.94 bits per heavy atom. The summed E-state index contributed by atoms with van der Waals surface area (Å²) in [6, 6.07) is 27.2. The van der Waals surface area contributed by atoms with Gasteiger partial charge in [0.25, 0.3) is 0 Å². The Labute approximate surface area is 187 Å². The summed E-state index contributed by atoms with van der Waals surface area (Å²) in [5.74, 6) is -0.540. The second-order valence-electron chi connectivity index (χ2n) is 8.13. The third-order valence-electron chi connectivity index (χ3n) is 6.14. The van der Waals surface area contributed by atoms with Crippen molar-refractivity contribution in [3.05, 3.63) is 108 Å². The second kappa shape index (κ2) is 8.16. The molecule has 7 heteroatoms. The number of piperazine rings is 1. The van der Waals surface area contributed by atoms with Gasteiger partial charge in [-0.2, -0.15) is 0 Å². The zero-order valence-corrected chi connectivity index (χ0v) is 18.2. The number of hydrogen-bond donors (Lipinski definition) is 1. The van der Waals surface area contributed by atoms with Crippen molar-refractivity contribution in [2.24, 2.45) is 0 Å². The number of rotatable bonds is 5. The van der Waals surface area contributed by atoms with Crippen molar-refractivity contribution in [3.63, 3.8) is 0 Å². The summed E-state index contributed by atoms with van der Waals surface area (Å²) in [7, 11) is -3.67. The molecule has 0 aromatic heterocycles. The number of fused-ring (bicyclic) bond motifs is 1. The van der Waals surface area contributed by atoms with E-state index in [-0.39, 0.29) is 12.3 Å². The van der Waals surface area contributed by atoms with Crippen molar-refractivity contribution < 1.29 is 17.9 Å². The maximum Gasteiger partial charge on any atom is 0.327 e. The van der Waals surface area contributed by atoms with Gasteiger partial charge in [0.2, 0.25) is 5.72 Å². The molecule has 6 nitrogen and oxygen atoms in total. The predicted molar refractivity (Wildman–Crippen MR) is 121 cm³/mol. The van der Waals surface area contributed by atoms with Crippen LogP contribution in [-0.4, -0.2) is 43.8 Å². The molecule has 0 spiro atoms. The van der Waals surface area contributed by atoms with Crippen LogP contribution in [0.3, 0.4) is 0 Å². The van der Waals surface area contributed by atoms with Gasteiger partial charge in [0.1, 0.15) is 11.4 Å². The minimum atomic E-state index is -3.67. The van der Waals surface area contributed by atoms with Crippen LogP contribution in [0.4, 0.5) is 0 Å². The number of sulfone groups is 1. The van der Waals surface area contributed by atoms with Crippen LogP contribution in [0.25, 0.3) is 0 Å². The van der Waals surface area contributed by atoms with Crippen molar-refractivity contribution >= 4 is 15.8 Å². The first-order chi connectivity index (χ1) is 15.5. The average molecular weight is 449 g/mol. The number of nitrogens with one attached hydrogen (secondary N) is 1. The molecule has 2 saturated heterocycles. The molecule has 3 aromatic carbocycles. The lowest BCUT2D eigenvalue weighted by Crippen LogP contribution is -2.64. The zero-order chi connectivity index (χ0) is 22.2. The lowest BCUT2D eigenvalue weighted by molar-refractivity contribution is -0.150. The standard InChI is InChI=1S/C25H24N2O4S/c28-24-22-16-26-17-23(32(29,30)18-19-10-4-1-5-11-19)27(22)25(31-24,20-12-6-2-7-13-20)21-14-8-3-9-15-21/h1-15,22-23,26H,16-18H2. The molecule has 3 aromatic rings. The number of cyclic esters (lactones) is 1. The van der Waals surface area contributed by atoms with Gasteiger partial charge < -0.3 is 10.1 Å². The fourth-order valence-electron chi connectivity index (χ4n) is 4.74. The summed E-state index contributed by atoms with van der Waals surface area (Å²) in [6.07, 6.45) is 0. The maximum atomic E-state index is 13.7. The summed E-state index contributed by atoms with van der Waals surface area (Å²) in [6.45, 7) is 0.543. The van der Waals surface area contributed by atoms with Crippen LogP contribution in [0.1, 0.15) is 16.7 Å². The summed E-state index contributed by atoms with van der Waals surface area (Å²) in [5, 5.41) is 2.21. The monoisotopic (exact) mass is 448 g/mol. The third kappa shape index (κ3) is 3.43. The van der Waals surface area contributed by atoms with Crippen molar-refractivity contribution in [3.8, 4) is 0 Å². The first-order valence-corrected chi connectivity index (χ1v) is 12.3. The number of nitrogens with zero attached hydrogens (tertiary/aromatic N) is 1. The smallest absolute Gasteiger partial charge is 0.327 e. The maximum absolute atomic E-state index is 13.7. The van der Waals surface area contributed by atoms with Gasteiger partial charge in [0, 0.05) is 24.2 Å². The predicted octanol–water partition coefficient (Wildman–Crippen LogP) is 2.66. The Hall–Kier alpha value is -3.00. The van der Waals surface area contributed by atoms with E-state index in [0.29, 0.717) is 12.1 Å². The summed E-state index contributed by atoms with van der Waals surface area (Å²) >= 11 is 0. The minimum Gasteiger partial charge on any atom is -0.434 e. The molecule has 2 heterocycles. The molecule has 2 fully saturated rings. The topological polar surface area (TPSA) is 75.7 Å². The number of benzene rings is 3. The fourth-order valence-corrected chi connectivity index (χ4v) is 6.60. The average Bonchev–Trinajstić information content (AvgIpc) is 3.14. The molecule has 2 aliphatic rings. The van der Waals surface area contributed by atoms with Crippen LogP contribution in [-0.2, 0) is 30.8 Å². The Morgan fingerprint density at radius 1 is 0.844 bits per heavy atom. The molecule has 5 rings (SSSR count). The SMILES string of the molecule is O=C1OC(c2ccccc2)(c2ccccc2)N2C1CNCC2S(=O)(=O)Cc1ccccc1. The molecule has 2 aliphatic heterocycles. The molecular weight excluding hydrogens is 424 g/mol. The molecule has 0 amide bonds. The largest absolute Gasteiger partial charge is 0.434 e. The number of esters is 1. The highest BCUT2D eigenvalue weighted by Gasteiger charge is 2.61. The van der Waals surface area contributed by atoms with Gasteiger partial charge >= 0.3 is 5.97 Å². The number of carbonyl (C=O) groups excluding carboxylic acids is 1. The molecule has 2 atom stereocenters. The van der Waals surface area contributed by atoms with Crippen molar-refractivity contribution in [2.75, 3.05) is 13.1 Å². The van der Waals surface area contributed by atoms with Gasteiger partial charge in [-0.05, 0) is 5.56 Å². The highest BCUT2D eigenvalue weighted by atomic mass is 32.2. The summed E-state index contributed by atoms with van der Waals surface area (Å²) < 4.78 is 33.5. The van der Waals surface area contributed by atoms with Crippen LogP contribution in [0.5, 0.6) is 0 Å². The molecular formula is C25H24N2O4S. The van der Waals surface area contributed by atoms with Crippen molar-refractivity contribution in [2.45, 2.75) is 22.9 Å². The van der Waals surface area contributed by atoms with E-state index in [1.165, 1.54) is 0 Å². The Balaban J connectivity index is 1.67. The molecule has 32 heavy (non-hydrogen) atoms. The Bertz CT molecular complexity index is 1160. The Morgan fingerprint density at radius 2 is 1.38 bits per heavy atom. The second-order valence-corrected chi connectivity index (χ2v) is 10.3. The molecule has 0 aliphatic carbocycles. The number of ether oxygens (including phenoxy) is 1. The van der Waals surface area contributed by atoms with Gasteiger partial charge in [-0.25, -0.2) is 13.3 Å². The molecule has 0 bridgehead atoms. The van der Waals surface area contributed by atoms with Gasteiger partial charge in [-0.15, -0.1) is 0 Å². The summed E-state index contributed by atoms with van der Waals surface area (Å²) in [4.78, 5) is 14.9. The molecule has 164 valence electrons. The first-order valence-electron chi connectivity index (χ1n) is 10.6. The van der Waals surface area contributed by atoms with E-state index in [0.717, 1.165) is 11.1 Å². The van der Waals surface area contributed by atoms with Gasteiger partial charge in [0.15, 0.2) is 9.84 Å². The normalized spacial score (nSPS) is 22.8. The molecule has 0 saturated carbocycles. The van der Waals surface area contributed by atoms with Crippen LogP contribution >= 0.6 is 0 Å². The first kappa shape index (κ1) is 20.9. The molecule has 1 N–H and O–H groups in total. The minimum absolute atomic E-state index is 0.114. The van der Waals surface area contributed by atoms with E-state index < -0.39 is 32.9 Å². The van der Waals surface area contributed by atoms with Crippen LogP contribution in [0, 0.1) is 0 Å². The van der Waals surface area contributed by atoms with E-state index in [1.807, 2.05) is 78.9 Å². The van der Waals surface area contributed by atoms with Gasteiger partial charge in [-0.3, -0.25) is 4.79 Å². The highest BCUT2D eigenvalue weighted by Crippen LogP contribution is 2.46. The van der Waals surface area contributed by atoms with Gasteiger partial charge in [-0.1, -0.05) is 91.0 Å². The molecule has 0 radical (unpaired) electrons. The summed E-state index contributed by atoms with van der Waals surface area (Å²) in [5.41, 5.74) is 0.847. The Kier molecular flexibility index (Phi) is 5.33. The van der Waals surface area contributed by atoms with E-state index in [4.69, 9.17) is 4.74 Å². The molecule has 2 unspecified atom stereocenters. The van der Waals surface area contributed by atoms with E-state index >= 15 is 0 Å². The third-order valence-corrected chi connectivity index (χ3v) is 8.10. The number of hydrogen-bond acceptors (Lipinski definition) is 6. The zero-order valence-electron chi connectivity index (χ0n) is 17.4. The van der Waals surface area contributed by atoms with Gasteiger partial charge in [0.05, 0.1) is 5.75 Å². The fraction of sp³-hybridized carbons (Fsp3) is 0.240. The van der Waals surface area contributed by atoms with E-state index in [1.54, 1.807) is 17.0 Å². The van der Waals surface area contributed by atoms with Crippen LogP contribution in [0.2, 0.25) is 0 Å². The lowest BCUT2D eigenvalue weighted by Gasteiger charge is -2.44. The number of carbonyl (C=O) groups is 1. The van der Waals surface area contributed by atoms with E-state index in [2.05, 4.69) is 5.32 Å². The quantitative estimate of drug-likeness (QED) is 0.605.